The average molecular weight is 358 g/mol. The van der Waals surface area contributed by atoms with Crippen molar-refractivity contribution in [1.82, 2.24) is 4.90 Å². The van der Waals surface area contributed by atoms with Gasteiger partial charge in [-0.3, -0.25) is 9.69 Å². The molecule has 0 radical (unpaired) electrons. The van der Waals surface area contributed by atoms with E-state index in [0.717, 1.165) is 21.9 Å². The van der Waals surface area contributed by atoms with Crippen LogP contribution in [0.15, 0.2) is 71.7 Å². The lowest BCUT2D eigenvalue weighted by Crippen LogP contribution is -2.52. The number of nitrogens with zero attached hydrogens (tertiary/aromatic N) is 2. The van der Waals surface area contributed by atoms with Crippen LogP contribution in [-0.4, -0.2) is 23.8 Å². The van der Waals surface area contributed by atoms with Crippen molar-refractivity contribution in [3.8, 4) is 0 Å². The first-order valence-corrected chi connectivity index (χ1v) is 8.88. The molecule has 0 aliphatic carbocycles. The Kier molecular flexibility index (Phi) is 3.88. The lowest BCUT2D eigenvalue weighted by atomic mass is 9.74. The van der Waals surface area contributed by atoms with Gasteiger partial charge in [-0.1, -0.05) is 54.6 Å². The lowest BCUT2D eigenvalue weighted by molar-refractivity contribution is -0.130. The zero-order chi connectivity index (χ0) is 19.2. The minimum absolute atomic E-state index is 0.0808. The molecule has 0 bridgehead atoms. The Labute approximate surface area is 158 Å². The highest BCUT2D eigenvalue weighted by molar-refractivity contribution is 6.03. The molecule has 0 spiro atoms. The van der Waals surface area contributed by atoms with E-state index in [1.54, 1.807) is 7.05 Å². The summed E-state index contributed by atoms with van der Waals surface area (Å²) in [4.78, 5) is 19.4. The number of amides is 1. The van der Waals surface area contributed by atoms with Crippen LogP contribution in [0.4, 0.5) is 5.69 Å². The van der Waals surface area contributed by atoms with Gasteiger partial charge in [0, 0.05) is 12.7 Å². The molecule has 27 heavy (non-hydrogen) atoms. The lowest BCUT2D eigenvalue weighted by Gasteiger charge is -2.41. The first-order valence-electron chi connectivity index (χ1n) is 8.88. The van der Waals surface area contributed by atoms with Gasteiger partial charge in [-0.15, -0.1) is 0 Å². The third-order valence-electron chi connectivity index (χ3n) is 5.41. The Morgan fingerprint density at radius 1 is 0.963 bits per heavy atom. The van der Waals surface area contributed by atoms with E-state index in [2.05, 4.69) is 12.1 Å². The summed E-state index contributed by atoms with van der Waals surface area (Å²) in [5.74, 6) is -0.370. The summed E-state index contributed by atoms with van der Waals surface area (Å²) in [5.41, 5.74) is 13.6. The third-order valence-corrected chi connectivity index (χ3v) is 5.41. The van der Waals surface area contributed by atoms with Crippen molar-refractivity contribution < 1.29 is 4.79 Å². The minimum Gasteiger partial charge on any atom is -0.399 e. The number of guanidine groups is 1. The summed E-state index contributed by atoms with van der Waals surface area (Å²) in [7, 11) is 1.66. The van der Waals surface area contributed by atoms with E-state index < -0.39 is 11.5 Å². The summed E-state index contributed by atoms with van der Waals surface area (Å²) in [5, 5.41) is 2.22. The number of likely N-dealkylation sites (N-methyl/N-ethyl adjacent to an activating group) is 1. The standard InChI is InChI=1S/C22H22N4O/c1-22(17-8-5-9-18(23)13-17)19(20(27)26(2)21(24)25-22)16-11-10-14-6-3-4-7-15(14)12-16/h3-13,19H,23H2,1-2H3,(H2,24,25)/t19-,22-/m1/s1. The Bertz CT molecular complexity index is 1070. The number of carbonyl (C=O) groups is 1. The quantitative estimate of drug-likeness (QED) is 0.690. The van der Waals surface area contributed by atoms with Crippen LogP contribution in [0, 0.1) is 0 Å². The number of anilines is 1. The van der Waals surface area contributed by atoms with E-state index in [4.69, 9.17) is 16.5 Å². The van der Waals surface area contributed by atoms with Crippen molar-refractivity contribution in [2.45, 2.75) is 18.4 Å². The summed E-state index contributed by atoms with van der Waals surface area (Å²) in [6, 6.07) is 21.7. The van der Waals surface area contributed by atoms with Crippen molar-refractivity contribution in [3.05, 3.63) is 77.9 Å². The van der Waals surface area contributed by atoms with E-state index in [1.165, 1.54) is 4.90 Å². The van der Waals surface area contributed by atoms with E-state index in [1.807, 2.05) is 61.5 Å². The first kappa shape index (κ1) is 17.1. The van der Waals surface area contributed by atoms with Gasteiger partial charge in [-0.2, -0.15) is 0 Å². The fourth-order valence-corrected chi connectivity index (χ4v) is 3.86. The van der Waals surface area contributed by atoms with Crippen LogP contribution in [0.1, 0.15) is 24.0 Å². The van der Waals surface area contributed by atoms with Gasteiger partial charge >= 0.3 is 0 Å². The van der Waals surface area contributed by atoms with Gasteiger partial charge in [0.1, 0.15) is 5.54 Å². The number of hydrogen-bond donors (Lipinski definition) is 2. The maximum atomic E-state index is 13.3. The molecule has 3 aromatic rings. The number of nitrogens with two attached hydrogens (primary N) is 2. The van der Waals surface area contributed by atoms with Crippen LogP contribution < -0.4 is 11.5 Å². The Morgan fingerprint density at radius 2 is 1.70 bits per heavy atom. The Hall–Kier alpha value is -3.34. The van der Waals surface area contributed by atoms with Crippen LogP contribution in [0.3, 0.4) is 0 Å². The van der Waals surface area contributed by atoms with Gasteiger partial charge in [0.2, 0.25) is 5.91 Å². The molecule has 0 unspecified atom stereocenters. The van der Waals surface area contributed by atoms with Gasteiger partial charge < -0.3 is 11.5 Å². The molecular formula is C22H22N4O. The molecule has 5 heteroatoms. The van der Waals surface area contributed by atoms with Crippen molar-refractivity contribution in [3.63, 3.8) is 0 Å². The van der Waals surface area contributed by atoms with Crippen LogP contribution in [0.2, 0.25) is 0 Å². The second-order valence-electron chi connectivity index (χ2n) is 7.18. The summed E-state index contributed by atoms with van der Waals surface area (Å²) >= 11 is 0. The zero-order valence-electron chi connectivity index (χ0n) is 15.4. The molecule has 0 saturated heterocycles. The number of benzene rings is 3. The zero-order valence-corrected chi connectivity index (χ0v) is 15.4. The maximum absolute atomic E-state index is 13.3. The molecule has 1 heterocycles. The molecule has 1 aliphatic rings. The summed E-state index contributed by atoms with van der Waals surface area (Å²) in [6.07, 6.45) is 0. The number of hydrogen-bond acceptors (Lipinski definition) is 4. The number of carbonyl (C=O) groups excluding carboxylic acids is 1. The first-order chi connectivity index (χ1) is 12.9. The molecule has 1 amide bonds. The molecule has 0 saturated carbocycles. The van der Waals surface area contributed by atoms with E-state index in [-0.39, 0.29) is 11.9 Å². The maximum Gasteiger partial charge on any atom is 0.239 e. The molecular weight excluding hydrogens is 336 g/mol. The second kappa shape index (κ2) is 6.13. The molecule has 136 valence electrons. The number of aliphatic imine (C=N–C) groups is 1. The van der Waals surface area contributed by atoms with Crippen molar-refractivity contribution >= 4 is 28.3 Å². The van der Waals surface area contributed by atoms with Crippen molar-refractivity contribution in [2.24, 2.45) is 10.7 Å². The summed E-state index contributed by atoms with van der Waals surface area (Å²) in [6.45, 7) is 1.94. The molecule has 0 aromatic heterocycles. The molecule has 3 aromatic carbocycles. The fraction of sp³-hybridized carbons (Fsp3) is 0.182. The highest BCUT2D eigenvalue weighted by atomic mass is 16.2. The van der Waals surface area contributed by atoms with Crippen LogP contribution in [0.25, 0.3) is 10.8 Å². The largest absolute Gasteiger partial charge is 0.399 e. The van der Waals surface area contributed by atoms with E-state index >= 15 is 0 Å². The fourth-order valence-electron chi connectivity index (χ4n) is 3.86. The van der Waals surface area contributed by atoms with Gasteiger partial charge in [-0.05, 0) is 41.0 Å². The Balaban J connectivity index is 1.94. The van der Waals surface area contributed by atoms with Crippen molar-refractivity contribution in [1.29, 1.82) is 0 Å². The third kappa shape index (κ3) is 2.72. The normalized spacial score (nSPS) is 22.7. The molecule has 2 atom stereocenters. The molecule has 0 fully saturated rings. The predicted molar refractivity (Wildman–Crippen MR) is 109 cm³/mol. The van der Waals surface area contributed by atoms with Crippen LogP contribution in [-0.2, 0) is 10.3 Å². The van der Waals surface area contributed by atoms with E-state index in [9.17, 15) is 4.79 Å². The molecule has 4 rings (SSSR count). The highest BCUT2D eigenvalue weighted by Crippen LogP contribution is 2.44. The Morgan fingerprint density at radius 3 is 2.44 bits per heavy atom. The topological polar surface area (TPSA) is 84.7 Å². The number of fused-ring (bicyclic) bond motifs is 1. The predicted octanol–water partition coefficient (Wildman–Crippen LogP) is 3.21. The second-order valence-corrected chi connectivity index (χ2v) is 7.18. The van der Waals surface area contributed by atoms with Gasteiger partial charge in [-0.25, -0.2) is 4.99 Å². The SMILES string of the molecule is CN1C(=O)[C@@H](c2ccc3ccccc3c2)[C@@](C)(c2cccc(N)c2)N=C1N. The van der Waals surface area contributed by atoms with Crippen molar-refractivity contribution in [2.75, 3.05) is 12.8 Å². The molecule has 5 nitrogen and oxygen atoms in total. The van der Waals surface area contributed by atoms with Gasteiger partial charge in [0.05, 0.1) is 5.92 Å². The van der Waals surface area contributed by atoms with Gasteiger partial charge in [0.15, 0.2) is 5.96 Å². The van der Waals surface area contributed by atoms with Gasteiger partial charge in [0.25, 0.3) is 0 Å². The molecule has 1 aliphatic heterocycles. The average Bonchev–Trinajstić information content (AvgIpc) is 2.66. The van der Waals surface area contributed by atoms with E-state index in [0.29, 0.717) is 5.69 Å². The number of rotatable bonds is 2. The number of nitrogen functional groups attached to an aromatic ring is 1. The highest BCUT2D eigenvalue weighted by Gasteiger charge is 2.47. The monoisotopic (exact) mass is 358 g/mol. The minimum atomic E-state index is -0.842. The van der Waals surface area contributed by atoms with Crippen LogP contribution >= 0.6 is 0 Å². The van der Waals surface area contributed by atoms with Crippen LogP contribution in [0.5, 0.6) is 0 Å². The summed E-state index contributed by atoms with van der Waals surface area (Å²) < 4.78 is 0. The smallest absolute Gasteiger partial charge is 0.239 e. The molecule has 4 N–H and O–H groups in total.